The largest absolute Gasteiger partial charge is 0.313 e. The van der Waals surface area contributed by atoms with Gasteiger partial charge in [-0.3, -0.25) is 4.21 Å². The van der Waals surface area contributed by atoms with E-state index in [4.69, 9.17) is 0 Å². The van der Waals surface area contributed by atoms with E-state index in [0.29, 0.717) is 6.04 Å². The molecular weight excluding hydrogens is 194 g/mol. The fraction of sp³-hybridized carbons (Fsp3) is 1.00. The molecule has 3 atom stereocenters. The zero-order valence-corrected chi connectivity index (χ0v) is 11.2. The van der Waals surface area contributed by atoms with Crippen molar-refractivity contribution in [3.63, 3.8) is 0 Å². The zero-order chi connectivity index (χ0) is 11.4. The molecule has 0 aromatic rings. The van der Waals surface area contributed by atoms with E-state index in [0.717, 1.165) is 13.0 Å². The summed E-state index contributed by atoms with van der Waals surface area (Å²) in [6.45, 7) is 13.4. The van der Waals surface area contributed by atoms with Gasteiger partial charge in [0, 0.05) is 26.8 Å². The van der Waals surface area contributed by atoms with Gasteiger partial charge >= 0.3 is 0 Å². The van der Waals surface area contributed by atoms with Crippen LogP contribution < -0.4 is 5.32 Å². The average molecular weight is 219 g/mol. The smallest absolute Gasteiger partial charge is 0.0478 e. The molecule has 0 aromatic carbocycles. The lowest BCUT2D eigenvalue weighted by Crippen LogP contribution is -2.44. The van der Waals surface area contributed by atoms with Gasteiger partial charge in [0.05, 0.1) is 0 Å². The van der Waals surface area contributed by atoms with Crippen LogP contribution in [0, 0.1) is 0 Å². The minimum Gasteiger partial charge on any atom is -0.313 e. The molecule has 0 bridgehead atoms. The van der Waals surface area contributed by atoms with Crippen LogP contribution in [0.25, 0.3) is 0 Å². The third-order valence-electron chi connectivity index (χ3n) is 2.41. The van der Waals surface area contributed by atoms with E-state index in [2.05, 4.69) is 26.1 Å². The molecule has 0 aliphatic rings. The van der Waals surface area contributed by atoms with Crippen molar-refractivity contribution in [1.82, 2.24) is 5.32 Å². The molecule has 0 saturated heterocycles. The van der Waals surface area contributed by atoms with Crippen molar-refractivity contribution in [1.29, 1.82) is 0 Å². The summed E-state index contributed by atoms with van der Waals surface area (Å²) in [6.07, 6.45) is 1.04. The highest BCUT2D eigenvalue weighted by Gasteiger charge is 2.29. The van der Waals surface area contributed by atoms with Gasteiger partial charge in [0.15, 0.2) is 0 Å². The van der Waals surface area contributed by atoms with Crippen LogP contribution in [0.3, 0.4) is 0 Å². The van der Waals surface area contributed by atoms with Crippen molar-refractivity contribution in [3.8, 4) is 0 Å². The minimum absolute atomic E-state index is 0.109. The third-order valence-corrected chi connectivity index (χ3v) is 4.62. The Kier molecular flexibility index (Phi) is 5.91. The van der Waals surface area contributed by atoms with Crippen molar-refractivity contribution >= 4 is 10.8 Å². The summed E-state index contributed by atoms with van der Waals surface area (Å²) in [4.78, 5) is 0. The summed E-state index contributed by atoms with van der Waals surface area (Å²) in [7, 11) is -0.776. The van der Waals surface area contributed by atoms with Gasteiger partial charge in [-0.1, -0.05) is 13.8 Å². The molecule has 0 aromatic heterocycles. The summed E-state index contributed by atoms with van der Waals surface area (Å²) in [5.74, 6) is 0. The van der Waals surface area contributed by atoms with Crippen molar-refractivity contribution in [2.45, 2.75) is 64.0 Å². The van der Waals surface area contributed by atoms with Crippen LogP contribution in [0.5, 0.6) is 0 Å². The summed E-state index contributed by atoms with van der Waals surface area (Å²) >= 11 is 0. The molecule has 0 rings (SSSR count). The minimum atomic E-state index is -0.776. The lowest BCUT2D eigenvalue weighted by Gasteiger charge is -2.29. The highest BCUT2D eigenvalue weighted by molar-refractivity contribution is 7.87. The van der Waals surface area contributed by atoms with Gasteiger partial charge in [-0.05, 0) is 40.7 Å². The Balaban J connectivity index is 4.42. The lowest BCUT2D eigenvalue weighted by molar-refractivity contribution is 0.494. The summed E-state index contributed by atoms with van der Waals surface area (Å²) in [5, 5.41) is 3.61. The van der Waals surface area contributed by atoms with E-state index in [1.165, 1.54) is 0 Å². The van der Waals surface area contributed by atoms with E-state index in [9.17, 15) is 4.21 Å². The molecule has 1 N–H and O–H groups in total. The van der Waals surface area contributed by atoms with E-state index < -0.39 is 10.8 Å². The molecule has 0 fully saturated rings. The Morgan fingerprint density at radius 2 is 1.79 bits per heavy atom. The summed E-state index contributed by atoms with van der Waals surface area (Å²) in [5.41, 5.74) is 0. The Hall–Kier alpha value is 0.110. The molecule has 0 radical (unpaired) electrons. The topological polar surface area (TPSA) is 29.1 Å². The van der Waals surface area contributed by atoms with Gasteiger partial charge in [-0.15, -0.1) is 0 Å². The first-order valence-corrected chi connectivity index (χ1v) is 6.69. The van der Waals surface area contributed by atoms with Crippen molar-refractivity contribution < 1.29 is 4.21 Å². The van der Waals surface area contributed by atoms with E-state index in [1.54, 1.807) is 0 Å². The van der Waals surface area contributed by atoms with Crippen LogP contribution in [0.1, 0.15) is 48.0 Å². The molecule has 3 heteroatoms. The molecule has 0 saturated carbocycles. The van der Waals surface area contributed by atoms with Crippen LogP contribution in [-0.2, 0) is 10.8 Å². The van der Waals surface area contributed by atoms with Crippen LogP contribution in [0.2, 0.25) is 0 Å². The molecule has 86 valence electrons. The molecular formula is C11H25NOS. The Labute approximate surface area is 91.3 Å². The highest BCUT2D eigenvalue weighted by Crippen LogP contribution is 2.19. The summed E-state index contributed by atoms with van der Waals surface area (Å²) in [6, 6.07) is 0.375. The van der Waals surface area contributed by atoms with Gasteiger partial charge in [0.1, 0.15) is 0 Å². The predicted molar refractivity (Wildman–Crippen MR) is 65.1 cm³/mol. The second kappa shape index (κ2) is 5.86. The monoisotopic (exact) mass is 219 g/mol. The second-order valence-electron chi connectivity index (χ2n) is 4.69. The fourth-order valence-corrected chi connectivity index (χ4v) is 3.31. The van der Waals surface area contributed by atoms with Crippen molar-refractivity contribution in [2.24, 2.45) is 0 Å². The van der Waals surface area contributed by atoms with Gasteiger partial charge in [0.2, 0.25) is 0 Å². The first-order chi connectivity index (χ1) is 6.34. The lowest BCUT2D eigenvalue weighted by atomic mass is 10.1. The van der Waals surface area contributed by atoms with Gasteiger partial charge in [-0.25, -0.2) is 0 Å². The Bertz CT molecular complexity index is 186. The van der Waals surface area contributed by atoms with Crippen LogP contribution in [0.15, 0.2) is 0 Å². The van der Waals surface area contributed by atoms with Crippen molar-refractivity contribution in [2.75, 3.05) is 6.54 Å². The van der Waals surface area contributed by atoms with E-state index in [-0.39, 0.29) is 10.00 Å². The van der Waals surface area contributed by atoms with Gasteiger partial charge < -0.3 is 5.32 Å². The first kappa shape index (κ1) is 14.1. The zero-order valence-electron chi connectivity index (χ0n) is 10.4. The normalized spacial score (nSPS) is 19.0. The summed E-state index contributed by atoms with van der Waals surface area (Å²) < 4.78 is 12.0. The van der Waals surface area contributed by atoms with Crippen LogP contribution in [-0.4, -0.2) is 26.8 Å². The second-order valence-corrected chi connectivity index (χ2v) is 7.25. The van der Waals surface area contributed by atoms with Crippen LogP contribution >= 0.6 is 0 Å². The van der Waals surface area contributed by atoms with Crippen molar-refractivity contribution in [3.05, 3.63) is 0 Å². The third kappa shape index (κ3) is 4.09. The molecule has 2 nitrogen and oxygen atoms in total. The maximum absolute atomic E-state index is 12.1. The number of hydrogen-bond donors (Lipinski definition) is 1. The van der Waals surface area contributed by atoms with Crippen LogP contribution in [0.4, 0.5) is 0 Å². The quantitative estimate of drug-likeness (QED) is 0.769. The molecule has 14 heavy (non-hydrogen) atoms. The Morgan fingerprint density at radius 1 is 1.29 bits per heavy atom. The fourth-order valence-electron chi connectivity index (χ4n) is 1.61. The predicted octanol–water partition coefficient (Wildman–Crippen LogP) is 2.31. The van der Waals surface area contributed by atoms with E-state index in [1.807, 2.05) is 20.8 Å². The molecule has 0 spiro atoms. The molecule has 0 aliphatic heterocycles. The molecule has 3 unspecified atom stereocenters. The Morgan fingerprint density at radius 3 is 2.07 bits per heavy atom. The number of hydrogen-bond acceptors (Lipinski definition) is 2. The van der Waals surface area contributed by atoms with E-state index >= 15 is 0 Å². The standard InChI is InChI=1S/C11H25NOS/c1-7-10(12-8-2)9(3)14(13)11(4,5)6/h9-10,12H,7-8H2,1-6H3. The maximum Gasteiger partial charge on any atom is 0.0478 e. The van der Waals surface area contributed by atoms with Gasteiger partial charge in [0.25, 0.3) is 0 Å². The maximum atomic E-state index is 12.1. The first-order valence-electron chi connectivity index (χ1n) is 5.48. The molecule has 0 heterocycles. The highest BCUT2D eigenvalue weighted by atomic mass is 32.2. The van der Waals surface area contributed by atoms with Gasteiger partial charge in [-0.2, -0.15) is 0 Å². The molecule has 0 aliphatic carbocycles. The average Bonchev–Trinajstić information content (AvgIpc) is 2.10. The number of rotatable bonds is 5. The SMILES string of the molecule is CCNC(CC)C(C)S(=O)C(C)(C)C. The molecule has 0 amide bonds. The number of nitrogens with one attached hydrogen (secondary N) is 1.